The minimum absolute atomic E-state index is 0. The van der Waals surface area contributed by atoms with Gasteiger partial charge in [0.05, 0.1) is 13.2 Å². The highest BCUT2D eigenvalue weighted by molar-refractivity contribution is 14.0. The van der Waals surface area contributed by atoms with E-state index in [1.165, 1.54) is 12.0 Å². The van der Waals surface area contributed by atoms with Crippen molar-refractivity contribution < 1.29 is 14.2 Å². The lowest BCUT2D eigenvalue weighted by Gasteiger charge is -2.35. The van der Waals surface area contributed by atoms with Crippen molar-refractivity contribution in [2.24, 2.45) is 10.9 Å². The number of nitrogens with one attached hydrogen (secondary N) is 2. The number of nitrogens with zero attached hydrogens (tertiary/aromatic N) is 2. The second-order valence-electron chi connectivity index (χ2n) is 7.75. The molecule has 0 bridgehead atoms. The van der Waals surface area contributed by atoms with Crippen molar-refractivity contribution in [3.8, 4) is 11.5 Å². The molecule has 1 saturated heterocycles. The van der Waals surface area contributed by atoms with Gasteiger partial charge in [0, 0.05) is 39.3 Å². The van der Waals surface area contributed by atoms with Gasteiger partial charge in [-0.15, -0.1) is 24.0 Å². The molecule has 1 fully saturated rings. The van der Waals surface area contributed by atoms with Crippen LogP contribution < -0.4 is 20.1 Å². The maximum atomic E-state index is 5.51. The number of fused-ring (bicyclic) bond motifs is 1. The maximum Gasteiger partial charge on any atom is 0.231 e. The van der Waals surface area contributed by atoms with Gasteiger partial charge < -0.3 is 24.8 Å². The van der Waals surface area contributed by atoms with Gasteiger partial charge in [-0.2, -0.15) is 0 Å². The van der Waals surface area contributed by atoms with Gasteiger partial charge >= 0.3 is 0 Å². The molecule has 3 rings (SSSR count). The van der Waals surface area contributed by atoms with E-state index in [9.17, 15) is 0 Å². The third kappa shape index (κ3) is 7.49. The summed E-state index contributed by atoms with van der Waals surface area (Å²) in [5, 5.41) is 6.93. The zero-order chi connectivity index (χ0) is 19.8. The van der Waals surface area contributed by atoms with Gasteiger partial charge in [-0.25, -0.2) is 0 Å². The lowest BCUT2D eigenvalue weighted by Crippen LogP contribution is -2.51. The van der Waals surface area contributed by atoms with Crippen LogP contribution in [0.15, 0.2) is 23.2 Å². The van der Waals surface area contributed by atoms with E-state index in [0.29, 0.717) is 18.8 Å². The molecule has 2 aliphatic heterocycles. The molecule has 0 saturated carbocycles. The Kier molecular flexibility index (Phi) is 10.3. The minimum atomic E-state index is 0. The fourth-order valence-corrected chi connectivity index (χ4v) is 3.71. The summed E-state index contributed by atoms with van der Waals surface area (Å²) in [6.45, 7) is 10.3. The highest BCUT2D eigenvalue weighted by Gasteiger charge is 2.22. The number of guanidine groups is 1. The molecular weight excluding hydrogens is 483 g/mol. The lowest BCUT2D eigenvalue weighted by molar-refractivity contribution is 0.0132. The Bertz CT molecular complexity index is 651. The summed E-state index contributed by atoms with van der Waals surface area (Å²) in [7, 11) is 1.82. The topological polar surface area (TPSA) is 67.4 Å². The number of benzene rings is 1. The van der Waals surface area contributed by atoms with Gasteiger partial charge in [0.2, 0.25) is 6.79 Å². The summed E-state index contributed by atoms with van der Waals surface area (Å²) < 4.78 is 16.3. The molecule has 1 aromatic carbocycles. The smallest absolute Gasteiger partial charge is 0.231 e. The van der Waals surface area contributed by atoms with Crippen LogP contribution in [-0.2, 0) is 11.2 Å². The van der Waals surface area contributed by atoms with Crippen molar-refractivity contribution in [3.63, 3.8) is 0 Å². The van der Waals surface area contributed by atoms with Crippen LogP contribution in [0.4, 0.5) is 0 Å². The molecule has 0 radical (unpaired) electrons. The molecule has 29 heavy (non-hydrogen) atoms. The summed E-state index contributed by atoms with van der Waals surface area (Å²) in [6.07, 6.45) is 2.07. The number of rotatable bonds is 8. The van der Waals surface area contributed by atoms with Crippen molar-refractivity contribution in [1.29, 1.82) is 0 Å². The normalized spacial score (nSPS) is 17.7. The number of aliphatic imine (C=N–C) groups is 1. The Hall–Kier alpha value is -1.26. The highest BCUT2D eigenvalue weighted by atomic mass is 127. The van der Waals surface area contributed by atoms with Crippen molar-refractivity contribution >= 4 is 29.9 Å². The third-order valence-corrected chi connectivity index (χ3v) is 5.18. The van der Waals surface area contributed by atoms with Crippen LogP contribution >= 0.6 is 24.0 Å². The van der Waals surface area contributed by atoms with Gasteiger partial charge in [0.15, 0.2) is 17.5 Å². The lowest BCUT2D eigenvalue weighted by atomic mass is 10.0. The van der Waals surface area contributed by atoms with Crippen LogP contribution in [-0.4, -0.2) is 70.1 Å². The zero-order valence-electron chi connectivity index (χ0n) is 17.8. The van der Waals surface area contributed by atoms with E-state index in [-0.39, 0.29) is 24.0 Å². The Labute approximate surface area is 191 Å². The number of morpholine rings is 1. The van der Waals surface area contributed by atoms with Crippen LogP contribution in [0.2, 0.25) is 0 Å². The number of hydrogen-bond donors (Lipinski definition) is 2. The Morgan fingerprint density at radius 3 is 2.62 bits per heavy atom. The monoisotopic (exact) mass is 518 g/mol. The summed E-state index contributed by atoms with van der Waals surface area (Å²) >= 11 is 0. The predicted octanol–water partition coefficient (Wildman–Crippen LogP) is 2.49. The molecule has 0 spiro atoms. The summed E-state index contributed by atoms with van der Waals surface area (Å²) in [5.74, 6) is 3.17. The van der Waals surface area contributed by atoms with Crippen LogP contribution in [0.5, 0.6) is 11.5 Å². The SMILES string of the molecule is CN=C(NCCc1ccc2c(c1)OCO2)NCC(CC(C)C)N1CCOCC1.I. The van der Waals surface area contributed by atoms with E-state index < -0.39 is 0 Å². The van der Waals surface area contributed by atoms with Crippen molar-refractivity contribution in [1.82, 2.24) is 15.5 Å². The van der Waals surface area contributed by atoms with E-state index in [1.807, 2.05) is 13.1 Å². The molecular formula is C21H35IN4O3. The number of ether oxygens (including phenoxy) is 3. The molecule has 2 heterocycles. The van der Waals surface area contributed by atoms with Gasteiger partial charge in [-0.1, -0.05) is 19.9 Å². The second kappa shape index (κ2) is 12.4. The quantitative estimate of drug-likeness (QED) is 0.313. The van der Waals surface area contributed by atoms with Crippen molar-refractivity contribution in [3.05, 3.63) is 23.8 Å². The Balaban J connectivity index is 0.00000300. The molecule has 1 unspecified atom stereocenters. The molecule has 7 nitrogen and oxygen atoms in total. The first-order valence-corrected chi connectivity index (χ1v) is 10.3. The number of hydrogen-bond acceptors (Lipinski definition) is 5. The molecule has 1 aromatic rings. The zero-order valence-corrected chi connectivity index (χ0v) is 20.1. The fourth-order valence-electron chi connectivity index (χ4n) is 3.71. The van der Waals surface area contributed by atoms with E-state index >= 15 is 0 Å². The summed E-state index contributed by atoms with van der Waals surface area (Å²) in [6, 6.07) is 6.61. The van der Waals surface area contributed by atoms with Gasteiger partial charge in [-0.05, 0) is 36.5 Å². The summed E-state index contributed by atoms with van der Waals surface area (Å²) in [5.41, 5.74) is 1.22. The molecule has 2 N–H and O–H groups in total. The molecule has 0 amide bonds. The average Bonchev–Trinajstić information content (AvgIpc) is 3.17. The Morgan fingerprint density at radius 2 is 1.90 bits per heavy atom. The molecule has 1 atom stereocenters. The molecule has 8 heteroatoms. The van der Waals surface area contributed by atoms with E-state index in [2.05, 4.69) is 46.5 Å². The largest absolute Gasteiger partial charge is 0.454 e. The molecule has 2 aliphatic rings. The van der Waals surface area contributed by atoms with E-state index in [0.717, 1.165) is 63.3 Å². The predicted molar refractivity (Wildman–Crippen MR) is 127 cm³/mol. The first kappa shape index (κ1) is 24.0. The summed E-state index contributed by atoms with van der Waals surface area (Å²) in [4.78, 5) is 6.92. The van der Waals surface area contributed by atoms with Crippen LogP contribution in [0.25, 0.3) is 0 Å². The van der Waals surface area contributed by atoms with E-state index in [1.54, 1.807) is 0 Å². The third-order valence-electron chi connectivity index (χ3n) is 5.18. The average molecular weight is 518 g/mol. The minimum Gasteiger partial charge on any atom is -0.454 e. The maximum absolute atomic E-state index is 5.51. The standard InChI is InChI=1S/C21H34N4O3.HI/c1-16(2)12-18(25-8-10-26-11-9-25)14-24-21(22-3)23-7-6-17-4-5-19-20(13-17)28-15-27-19;/h4-5,13,16,18H,6-12,14-15H2,1-3H3,(H2,22,23,24);1H. The van der Waals surface area contributed by atoms with Crippen LogP contribution in [0, 0.1) is 5.92 Å². The second-order valence-corrected chi connectivity index (χ2v) is 7.75. The highest BCUT2D eigenvalue weighted by Crippen LogP contribution is 2.32. The van der Waals surface area contributed by atoms with Crippen molar-refractivity contribution in [2.45, 2.75) is 32.7 Å². The number of halogens is 1. The Morgan fingerprint density at radius 1 is 1.14 bits per heavy atom. The van der Waals surface area contributed by atoms with Crippen molar-refractivity contribution in [2.75, 3.05) is 53.2 Å². The van der Waals surface area contributed by atoms with E-state index in [4.69, 9.17) is 14.2 Å². The molecule has 0 aromatic heterocycles. The molecule has 0 aliphatic carbocycles. The first-order chi connectivity index (χ1) is 13.7. The van der Waals surface area contributed by atoms with Gasteiger partial charge in [0.25, 0.3) is 0 Å². The van der Waals surface area contributed by atoms with Gasteiger partial charge in [-0.3, -0.25) is 9.89 Å². The van der Waals surface area contributed by atoms with Crippen LogP contribution in [0.1, 0.15) is 25.8 Å². The first-order valence-electron chi connectivity index (χ1n) is 10.3. The van der Waals surface area contributed by atoms with Gasteiger partial charge in [0.1, 0.15) is 0 Å². The molecule has 164 valence electrons. The van der Waals surface area contributed by atoms with Crippen LogP contribution in [0.3, 0.4) is 0 Å². The fraction of sp³-hybridized carbons (Fsp3) is 0.667.